The van der Waals surface area contributed by atoms with Crippen molar-refractivity contribution in [3.8, 4) is 0 Å². The zero-order valence-electron chi connectivity index (χ0n) is 12.0. The Morgan fingerprint density at radius 1 is 1.20 bits per heavy atom. The van der Waals surface area contributed by atoms with E-state index in [0.717, 1.165) is 11.8 Å². The Labute approximate surface area is 131 Å². The second-order valence-electron chi connectivity index (χ2n) is 5.68. The van der Waals surface area contributed by atoms with Crippen molar-refractivity contribution in [2.24, 2.45) is 0 Å². The molecule has 2 fully saturated rings. The van der Waals surface area contributed by atoms with E-state index in [9.17, 15) is 0 Å². The van der Waals surface area contributed by atoms with Crippen molar-refractivity contribution in [3.05, 3.63) is 35.9 Å². The number of hydrogen-bond acceptors (Lipinski definition) is 4. The summed E-state index contributed by atoms with van der Waals surface area (Å²) in [6.45, 7) is 4.74. The first kappa shape index (κ1) is 14.8. The van der Waals surface area contributed by atoms with Crippen LogP contribution in [0.15, 0.2) is 30.3 Å². The molecule has 2 aliphatic rings. The van der Waals surface area contributed by atoms with Gasteiger partial charge < -0.3 is 5.32 Å². The highest BCUT2D eigenvalue weighted by Gasteiger charge is 2.23. The molecule has 0 aromatic heterocycles. The van der Waals surface area contributed by atoms with E-state index in [1.54, 1.807) is 0 Å². The predicted molar refractivity (Wildman–Crippen MR) is 91.7 cm³/mol. The van der Waals surface area contributed by atoms with Gasteiger partial charge in [-0.1, -0.05) is 30.3 Å². The predicted octanol–water partition coefficient (Wildman–Crippen LogP) is 2.70. The average Bonchev–Trinajstić information content (AvgIpc) is 2.95. The topological polar surface area (TPSA) is 15.3 Å². The van der Waals surface area contributed by atoms with Crippen molar-refractivity contribution in [1.82, 2.24) is 10.2 Å². The Hall–Kier alpha value is -0.160. The van der Waals surface area contributed by atoms with E-state index >= 15 is 0 Å². The number of likely N-dealkylation sites (tertiary alicyclic amines) is 1. The molecule has 1 aromatic rings. The zero-order chi connectivity index (χ0) is 13.6. The van der Waals surface area contributed by atoms with E-state index in [1.807, 2.05) is 0 Å². The van der Waals surface area contributed by atoms with Crippen molar-refractivity contribution in [2.45, 2.75) is 24.3 Å². The minimum Gasteiger partial charge on any atom is -0.312 e. The molecule has 0 amide bonds. The fraction of sp³-hybridized carbons (Fsp3) is 0.625. The highest BCUT2D eigenvalue weighted by atomic mass is 32.2. The first-order valence-electron chi connectivity index (χ1n) is 7.59. The van der Waals surface area contributed by atoms with Crippen LogP contribution in [0.5, 0.6) is 0 Å². The van der Waals surface area contributed by atoms with Gasteiger partial charge >= 0.3 is 0 Å². The smallest absolute Gasteiger partial charge is 0.0263 e. The van der Waals surface area contributed by atoms with E-state index in [-0.39, 0.29) is 0 Å². The summed E-state index contributed by atoms with van der Waals surface area (Å²) in [4.78, 5) is 2.58. The Balaban J connectivity index is 1.38. The van der Waals surface area contributed by atoms with Crippen molar-refractivity contribution in [1.29, 1.82) is 0 Å². The second kappa shape index (κ2) is 7.74. The molecule has 0 radical (unpaired) electrons. The number of nitrogens with zero attached hydrogens (tertiary/aromatic N) is 1. The first-order valence-corrected chi connectivity index (χ1v) is 9.79. The minimum atomic E-state index is 0.700. The lowest BCUT2D eigenvalue weighted by Crippen LogP contribution is -2.38. The highest BCUT2D eigenvalue weighted by Crippen LogP contribution is 2.23. The summed E-state index contributed by atoms with van der Waals surface area (Å²) in [5, 5.41) is 4.62. The molecule has 2 heterocycles. The SMILES string of the molecule is c1ccc(CN2CCC(NCC3CSCCS3)C2)cc1. The van der Waals surface area contributed by atoms with Gasteiger partial charge in [0.05, 0.1) is 0 Å². The molecule has 110 valence electrons. The summed E-state index contributed by atoms with van der Waals surface area (Å²) < 4.78 is 0. The largest absolute Gasteiger partial charge is 0.312 e. The number of nitrogens with one attached hydrogen (secondary N) is 1. The molecule has 20 heavy (non-hydrogen) atoms. The maximum atomic E-state index is 3.79. The summed E-state index contributed by atoms with van der Waals surface area (Å²) in [6.07, 6.45) is 1.30. The summed E-state index contributed by atoms with van der Waals surface area (Å²) in [5.74, 6) is 4.01. The van der Waals surface area contributed by atoms with Gasteiger partial charge in [-0.3, -0.25) is 4.90 Å². The van der Waals surface area contributed by atoms with Crippen LogP contribution in [0.25, 0.3) is 0 Å². The van der Waals surface area contributed by atoms with Crippen LogP contribution >= 0.6 is 23.5 Å². The molecule has 1 aromatic carbocycles. The molecule has 2 unspecified atom stereocenters. The molecule has 4 heteroatoms. The van der Waals surface area contributed by atoms with Gasteiger partial charge in [0.1, 0.15) is 0 Å². The lowest BCUT2D eigenvalue weighted by Gasteiger charge is -2.23. The molecular weight excluding hydrogens is 284 g/mol. The van der Waals surface area contributed by atoms with Crippen LogP contribution in [0.2, 0.25) is 0 Å². The minimum absolute atomic E-state index is 0.700. The van der Waals surface area contributed by atoms with E-state index in [4.69, 9.17) is 0 Å². The van der Waals surface area contributed by atoms with E-state index < -0.39 is 0 Å². The average molecular weight is 309 g/mol. The Morgan fingerprint density at radius 3 is 2.90 bits per heavy atom. The fourth-order valence-electron chi connectivity index (χ4n) is 2.94. The molecule has 3 rings (SSSR count). The lowest BCUT2D eigenvalue weighted by atomic mass is 10.2. The van der Waals surface area contributed by atoms with Gasteiger partial charge in [-0.2, -0.15) is 23.5 Å². The first-order chi connectivity index (χ1) is 9.90. The van der Waals surface area contributed by atoms with Crippen LogP contribution in [0, 0.1) is 0 Å². The van der Waals surface area contributed by atoms with Crippen LogP contribution in [0.3, 0.4) is 0 Å². The van der Waals surface area contributed by atoms with Crippen molar-refractivity contribution >= 4 is 23.5 Å². The van der Waals surface area contributed by atoms with Crippen LogP contribution in [0.1, 0.15) is 12.0 Å². The number of thioether (sulfide) groups is 2. The Kier molecular flexibility index (Phi) is 5.71. The summed E-state index contributed by atoms with van der Waals surface area (Å²) in [6, 6.07) is 11.5. The van der Waals surface area contributed by atoms with Gasteiger partial charge in [0.15, 0.2) is 0 Å². The van der Waals surface area contributed by atoms with Gasteiger partial charge in [-0.25, -0.2) is 0 Å². The maximum Gasteiger partial charge on any atom is 0.0263 e. The van der Waals surface area contributed by atoms with Crippen LogP contribution in [0.4, 0.5) is 0 Å². The molecule has 0 spiro atoms. The number of hydrogen-bond donors (Lipinski definition) is 1. The van der Waals surface area contributed by atoms with Gasteiger partial charge in [-0.05, 0) is 12.0 Å². The second-order valence-corrected chi connectivity index (χ2v) is 8.24. The molecule has 0 bridgehead atoms. The standard InChI is InChI=1S/C16H24N2S2/c1-2-4-14(5-3-1)11-18-7-6-15(12-18)17-10-16-13-19-8-9-20-16/h1-5,15-17H,6-13H2. The third-order valence-corrected chi connectivity index (χ3v) is 6.89. The van der Waals surface area contributed by atoms with E-state index in [1.165, 1.54) is 48.9 Å². The third-order valence-electron chi connectivity index (χ3n) is 4.04. The summed E-state index contributed by atoms with van der Waals surface area (Å²) in [5.41, 5.74) is 1.44. The lowest BCUT2D eigenvalue weighted by molar-refractivity contribution is 0.320. The molecule has 2 nitrogen and oxygen atoms in total. The Morgan fingerprint density at radius 2 is 2.10 bits per heavy atom. The van der Waals surface area contributed by atoms with Crippen molar-refractivity contribution < 1.29 is 0 Å². The van der Waals surface area contributed by atoms with Crippen LogP contribution < -0.4 is 5.32 Å². The molecule has 2 saturated heterocycles. The van der Waals surface area contributed by atoms with Crippen molar-refractivity contribution in [3.63, 3.8) is 0 Å². The normalized spacial score (nSPS) is 27.8. The van der Waals surface area contributed by atoms with Gasteiger partial charge in [0.2, 0.25) is 0 Å². The zero-order valence-corrected chi connectivity index (χ0v) is 13.6. The van der Waals surface area contributed by atoms with Crippen molar-refractivity contribution in [2.75, 3.05) is 36.9 Å². The number of rotatable bonds is 5. The molecule has 0 aliphatic carbocycles. The fourth-order valence-corrected chi connectivity index (χ4v) is 5.56. The summed E-state index contributed by atoms with van der Waals surface area (Å²) in [7, 11) is 0. The monoisotopic (exact) mass is 308 g/mol. The van der Waals surface area contributed by atoms with E-state index in [0.29, 0.717) is 6.04 Å². The summed E-state index contributed by atoms with van der Waals surface area (Å²) >= 11 is 4.27. The molecule has 0 saturated carbocycles. The Bertz CT molecular complexity index is 393. The molecule has 2 atom stereocenters. The molecular formula is C16H24N2S2. The van der Waals surface area contributed by atoms with Crippen LogP contribution in [-0.4, -0.2) is 53.1 Å². The van der Waals surface area contributed by atoms with E-state index in [2.05, 4.69) is 64.1 Å². The van der Waals surface area contributed by atoms with Gasteiger partial charge in [0.25, 0.3) is 0 Å². The van der Waals surface area contributed by atoms with Gasteiger partial charge in [-0.15, -0.1) is 0 Å². The molecule has 1 N–H and O–H groups in total. The number of benzene rings is 1. The molecule has 2 aliphatic heterocycles. The van der Waals surface area contributed by atoms with Gasteiger partial charge in [0, 0.05) is 54.7 Å². The highest BCUT2D eigenvalue weighted by molar-refractivity contribution is 8.06. The van der Waals surface area contributed by atoms with Crippen LogP contribution in [-0.2, 0) is 6.54 Å². The quantitative estimate of drug-likeness (QED) is 0.899. The third kappa shape index (κ3) is 4.42. The maximum absolute atomic E-state index is 3.79.